The van der Waals surface area contributed by atoms with Crippen LogP contribution in [0.3, 0.4) is 0 Å². The van der Waals surface area contributed by atoms with Crippen molar-refractivity contribution in [2.75, 3.05) is 6.61 Å². The topological polar surface area (TPSA) is 131 Å². The number of carbonyl (C=O) groups is 2. The lowest BCUT2D eigenvalue weighted by Crippen LogP contribution is -2.40. The summed E-state index contributed by atoms with van der Waals surface area (Å²) in [6, 6.07) is 1.58. The van der Waals surface area contributed by atoms with E-state index in [2.05, 4.69) is 10.2 Å². The maximum absolute atomic E-state index is 12.8. The van der Waals surface area contributed by atoms with Crippen LogP contribution in [0.1, 0.15) is 32.8 Å². The van der Waals surface area contributed by atoms with Gasteiger partial charge in [-0.05, 0) is 24.5 Å². The fourth-order valence-corrected chi connectivity index (χ4v) is 3.05. The highest BCUT2D eigenvalue weighted by Crippen LogP contribution is 2.43. The fourth-order valence-electron chi connectivity index (χ4n) is 3.05. The lowest BCUT2D eigenvalue weighted by molar-refractivity contribution is -0.384. The number of esters is 1. The minimum absolute atomic E-state index is 0.0290. The van der Waals surface area contributed by atoms with E-state index in [4.69, 9.17) is 4.74 Å². The number of aliphatic hydroxyl groups excluding tert-OH is 1. The summed E-state index contributed by atoms with van der Waals surface area (Å²) in [5, 5.41) is 28.6. The van der Waals surface area contributed by atoms with Gasteiger partial charge in [0, 0.05) is 12.5 Å². The predicted octanol–water partition coefficient (Wildman–Crippen LogP) is 4.65. The van der Waals surface area contributed by atoms with Gasteiger partial charge in [-0.1, -0.05) is 13.8 Å². The summed E-state index contributed by atoms with van der Waals surface area (Å²) in [6.45, 7) is 4.72. The molecule has 1 unspecified atom stereocenters. The number of alkyl halides is 3. The first-order valence-corrected chi connectivity index (χ1v) is 8.70. The molecule has 30 heavy (non-hydrogen) atoms. The van der Waals surface area contributed by atoms with Crippen LogP contribution in [-0.2, 0) is 20.5 Å². The number of azo groups is 1. The Hall–Kier alpha value is -3.31. The van der Waals surface area contributed by atoms with E-state index in [0.29, 0.717) is 6.07 Å². The maximum Gasteiger partial charge on any atom is 0.416 e. The molecule has 0 fully saturated rings. The number of nitro groups is 1. The molecule has 0 amide bonds. The molecule has 1 aliphatic carbocycles. The lowest BCUT2D eigenvalue weighted by atomic mass is 9.70. The molecule has 0 saturated carbocycles. The summed E-state index contributed by atoms with van der Waals surface area (Å²) in [5.41, 5.74) is -4.40. The number of ketones is 1. The average Bonchev–Trinajstić information content (AvgIpc) is 2.59. The molecule has 0 spiro atoms. The van der Waals surface area contributed by atoms with E-state index in [0.717, 1.165) is 6.07 Å². The molecule has 0 aromatic heterocycles. The number of benzene rings is 1. The zero-order chi connectivity index (χ0) is 22.9. The fraction of sp³-hybridized carbons (Fsp3) is 0.444. The monoisotopic (exact) mass is 429 g/mol. The molecule has 1 aliphatic rings. The van der Waals surface area contributed by atoms with Gasteiger partial charge >= 0.3 is 12.1 Å². The van der Waals surface area contributed by atoms with Gasteiger partial charge in [0.15, 0.2) is 17.2 Å². The van der Waals surface area contributed by atoms with E-state index in [1.165, 1.54) is 0 Å². The summed E-state index contributed by atoms with van der Waals surface area (Å²) >= 11 is 0. The minimum atomic E-state index is -4.81. The van der Waals surface area contributed by atoms with Gasteiger partial charge in [-0.2, -0.15) is 13.2 Å². The second-order valence-corrected chi connectivity index (χ2v) is 7.17. The summed E-state index contributed by atoms with van der Waals surface area (Å²) < 4.78 is 43.3. The van der Waals surface area contributed by atoms with Crippen LogP contribution in [0.25, 0.3) is 0 Å². The van der Waals surface area contributed by atoms with Crippen LogP contribution in [0.15, 0.2) is 39.9 Å². The maximum atomic E-state index is 12.8. The molecule has 1 N–H and O–H groups in total. The van der Waals surface area contributed by atoms with Gasteiger partial charge in [0.25, 0.3) is 5.69 Å². The van der Waals surface area contributed by atoms with E-state index < -0.39 is 62.6 Å². The van der Waals surface area contributed by atoms with Crippen LogP contribution in [0.4, 0.5) is 24.5 Å². The van der Waals surface area contributed by atoms with Crippen molar-refractivity contribution in [3.05, 3.63) is 45.3 Å². The van der Waals surface area contributed by atoms with Crippen molar-refractivity contribution in [3.8, 4) is 0 Å². The van der Waals surface area contributed by atoms with Crippen LogP contribution in [0, 0.1) is 21.4 Å². The Morgan fingerprint density at radius 1 is 1.37 bits per heavy atom. The Bertz CT molecular complexity index is 953. The molecule has 1 aromatic rings. The Morgan fingerprint density at radius 3 is 2.53 bits per heavy atom. The highest BCUT2D eigenvalue weighted by molar-refractivity contribution is 5.99. The van der Waals surface area contributed by atoms with Crippen molar-refractivity contribution in [3.63, 3.8) is 0 Å². The van der Waals surface area contributed by atoms with Gasteiger partial charge in [0.1, 0.15) is 11.7 Å². The number of aliphatic hydroxyl groups is 1. The molecule has 1 aromatic carbocycles. The summed E-state index contributed by atoms with van der Waals surface area (Å²) in [4.78, 5) is 34.6. The van der Waals surface area contributed by atoms with Crippen molar-refractivity contribution in [2.45, 2.75) is 33.4 Å². The van der Waals surface area contributed by atoms with Gasteiger partial charge < -0.3 is 9.84 Å². The Morgan fingerprint density at radius 2 is 2.00 bits per heavy atom. The Balaban J connectivity index is 2.52. The number of hydrogen-bond acceptors (Lipinski definition) is 8. The molecule has 0 bridgehead atoms. The predicted molar refractivity (Wildman–Crippen MR) is 95.8 cm³/mol. The van der Waals surface area contributed by atoms with Crippen molar-refractivity contribution in [1.29, 1.82) is 0 Å². The second-order valence-electron chi connectivity index (χ2n) is 7.17. The Kier molecular flexibility index (Phi) is 6.28. The highest BCUT2D eigenvalue weighted by atomic mass is 19.4. The Labute approximate surface area is 168 Å². The number of allylic oxidation sites excluding steroid dienone is 1. The number of halogens is 3. The largest absolute Gasteiger partial charge is 0.509 e. The molecule has 1 atom stereocenters. The van der Waals surface area contributed by atoms with Crippen LogP contribution in [0.5, 0.6) is 0 Å². The average molecular weight is 429 g/mol. The van der Waals surface area contributed by atoms with Crippen molar-refractivity contribution in [2.24, 2.45) is 21.6 Å². The summed E-state index contributed by atoms with van der Waals surface area (Å²) in [6.07, 6.45) is -5.01. The third-order valence-electron chi connectivity index (χ3n) is 4.46. The van der Waals surface area contributed by atoms with E-state index in [1.54, 1.807) is 20.8 Å². The lowest BCUT2D eigenvalue weighted by Gasteiger charge is -2.35. The van der Waals surface area contributed by atoms with Gasteiger partial charge in [0.2, 0.25) is 0 Å². The normalized spacial score (nSPS) is 19.3. The van der Waals surface area contributed by atoms with Gasteiger partial charge in [-0.3, -0.25) is 19.7 Å². The zero-order valence-corrected chi connectivity index (χ0v) is 16.2. The van der Waals surface area contributed by atoms with E-state index >= 15 is 0 Å². The molecule has 12 heteroatoms. The first-order chi connectivity index (χ1) is 13.8. The van der Waals surface area contributed by atoms with E-state index in [-0.39, 0.29) is 19.1 Å². The molecular formula is C18H18F3N3O6. The number of rotatable bonds is 5. The highest BCUT2D eigenvalue weighted by Gasteiger charge is 2.47. The molecular weight excluding hydrogens is 411 g/mol. The van der Waals surface area contributed by atoms with Crippen molar-refractivity contribution < 1.29 is 37.5 Å². The minimum Gasteiger partial charge on any atom is -0.509 e. The summed E-state index contributed by atoms with van der Waals surface area (Å²) in [5.74, 6) is -3.42. The molecule has 162 valence electrons. The molecule has 0 heterocycles. The van der Waals surface area contributed by atoms with Gasteiger partial charge in [0.05, 0.1) is 17.1 Å². The SMILES string of the molecule is CCOC(=O)C1C(O)=C(/N=N/c2ccc(C(F)(F)F)cc2[N+](=O)[O-])C(=O)CC1(C)C. The van der Waals surface area contributed by atoms with Crippen LogP contribution < -0.4 is 0 Å². The number of Topliss-reactive ketones (excluding diaryl/α,β-unsaturated/α-hetero) is 1. The van der Waals surface area contributed by atoms with Crippen LogP contribution in [0.2, 0.25) is 0 Å². The van der Waals surface area contributed by atoms with E-state index in [9.17, 15) is 38.0 Å². The quantitative estimate of drug-likeness (QED) is 0.314. The zero-order valence-electron chi connectivity index (χ0n) is 16.2. The van der Waals surface area contributed by atoms with Crippen LogP contribution >= 0.6 is 0 Å². The summed E-state index contributed by atoms with van der Waals surface area (Å²) in [7, 11) is 0. The van der Waals surface area contributed by atoms with Crippen molar-refractivity contribution >= 4 is 23.1 Å². The van der Waals surface area contributed by atoms with Gasteiger partial charge in [-0.15, -0.1) is 10.2 Å². The molecule has 9 nitrogen and oxygen atoms in total. The molecule has 0 saturated heterocycles. The third kappa shape index (κ3) is 4.63. The number of nitrogens with zero attached hydrogens (tertiary/aromatic N) is 3. The van der Waals surface area contributed by atoms with Crippen LogP contribution in [-0.4, -0.2) is 28.4 Å². The first-order valence-electron chi connectivity index (χ1n) is 8.70. The van der Waals surface area contributed by atoms with E-state index in [1.807, 2.05) is 0 Å². The number of carbonyl (C=O) groups excluding carboxylic acids is 2. The molecule has 2 rings (SSSR count). The third-order valence-corrected chi connectivity index (χ3v) is 4.46. The molecule has 0 aliphatic heterocycles. The standard InChI is InChI=1S/C18H18F3N3O6/c1-4-30-16(27)13-15(26)14(12(25)8-17(13,2)3)23-22-10-6-5-9(18(19,20)21)7-11(10)24(28)29/h5-7,13,26H,4,8H2,1-3H3/b23-22+. The first kappa shape index (κ1) is 23.0. The number of ether oxygens (including phenoxy) is 1. The molecule has 0 radical (unpaired) electrons. The number of nitro benzene ring substituents is 1. The number of hydrogen-bond donors (Lipinski definition) is 1. The smallest absolute Gasteiger partial charge is 0.416 e. The second kappa shape index (κ2) is 8.20. The van der Waals surface area contributed by atoms with Gasteiger partial charge in [-0.25, -0.2) is 0 Å². The van der Waals surface area contributed by atoms with Crippen molar-refractivity contribution in [1.82, 2.24) is 0 Å².